The van der Waals surface area contributed by atoms with Gasteiger partial charge in [0.15, 0.2) is 0 Å². The predicted octanol–water partition coefficient (Wildman–Crippen LogP) is 4.07. The van der Waals surface area contributed by atoms with Crippen molar-refractivity contribution in [1.29, 1.82) is 0 Å². The van der Waals surface area contributed by atoms with Crippen LogP contribution >= 0.6 is 11.3 Å². The number of thiophene rings is 1. The number of nitrogens with two attached hydrogens (primary N) is 1. The predicted molar refractivity (Wildman–Crippen MR) is 99.6 cm³/mol. The van der Waals surface area contributed by atoms with Gasteiger partial charge in [0.05, 0.1) is 5.69 Å². The Morgan fingerprint density at radius 3 is 2.92 bits per heavy atom. The molecule has 2 aromatic heterocycles. The first-order valence-corrected chi connectivity index (χ1v) is 9.99. The van der Waals surface area contributed by atoms with Crippen LogP contribution in [0.3, 0.4) is 0 Å². The number of nitrogens with zero attached hydrogens (tertiary/aromatic N) is 1. The number of amides is 1. The lowest BCUT2D eigenvalue weighted by Gasteiger charge is -2.22. The van der Waals surface area contributed by atoms with Crippen LogP contribution in [0, 0.1) is 5.92 Å². The van der Waals surface area contributed by atoms with Crippen molar-refractivity contribution in [3.05, 3.63) is 22.2 Å². The van der Waals surface area contributed by atoms with Gasteiger partial charge in [0.25, 0.3) is 5.91 Å². The van der Waals surface area contributed by atoms with Crippen LogP contribution in [0.2, 0.25) is 0 Å². The Kier molecular flexibility index (Phi) is 4.21. The highest BCUT2D eigenvalue weighted by Gasteiger charge is 2.25. The Hall–Kier alpha value is -1.62. The normalized spacial score (nSPS) is 21.1. The molecule has 128 valence electrons. The van der Waals surface area contributed by atoms with Crippen molar-refractivity contribution < 1.29 is 4.79 Å². The number of nitrogens with one attached hydrogen (secondary N) is 1. The van der Waals surface area contributed by atoms with E-state index in [0.29, 0.717) is 16.6 Å². The van der Waals surface area contributed by atoms with Crippen LogP contribution in [-0.4, -0.2) is 16.9 Å². The molecular formula is C19H25N3OS. The van der Waals surface area contributed by atoms with Crippen LogP contribution in [0.4, 0.5) is 5.69 Å². The van der Waals surface area contributed by atoms with Crippen molar-refractivity contribution in [1.82, 2.24) is 10.3 Å². The first-order chi connectivity index (χ1) is 11.7. The zero-order valence-electron chi connectivity index (χ0n) is 14.2. The van der Waals surface area contributed by atoms with E-state index in [-0.39, 0.29) is 5.91 Å². The average Bonchev–Trinajstić information content (AvgIpc) is 3.21. The summed E-state index contributed by atoms with van der Waals surface area (Å²) in [4.78, 5) is 19.0. The maximum Gasteiger partial charge on any atom is 0.263 e. The van der Waals surface area contributed by atoms with Crippen LogP contribution in [0.1, 0.15) is 66.4 Å². The number of rotatable bonds is 3. The second-order valence-corrected chi connectivity index (χ2v) is 8.26. The Morgan fingerprint density at radius 2 is 2.17 bits per heavy atom. The maximum absolute atomic E-state index is 12.6. The second-order valence-electron chi connectivity index (χ2n) is 7.26. The topological polar surface area (TPSA) is 68.0 Å². The number of aryl methyl sites for hydroxylation is 1. The minimum Gasteiger partial charge on any atom is -0.397 e. The van der Waals surface area contributed by atoms with E-state index in [4.69, 9.17) is 10.7 Å². The Balaban J connectivity index is 1.65. The zero-order valence-corrected chi connectivity index (χ0v) is 15.0. The molecule has 0 saturated heterocycles. The molecule has 0 bridgehead atoms. The molecule has 2 heterocycles. The lowest BCUT2D eigenvalue weighted by atomic mass is 9.85. The van der Waals surface area contributed by atoms with Gasteiger partial charge in [-0.05, 0) is 49.7 Å². The van der Waals surface area contributed by atoms with E-state index in [9.17, 15) is 4.79 Å². The molecule has 0 radical (unpaired) electrons. The quantitative estimate of drug-likeness (QED) is 0.883. The molecule has 1 amide bonds. The smallest absolute Gasteiger partial charge is 0.263 e. The second kappa shape index (κ2) is 6.36. The molecule has 0 unspecified atom stereocenters. The molecule has 1 fully saturated rings. The van der Waals surface area contributed by atoms with E-state index in [1.165, 1.54) is 48.3 Å². The molecular weight excluding hydrogens is 318 g/mol. The lowest BCUT2D eigenvalue weighted by Crippen LogP contribution is -2.32. The molecule has 1 saturated carbocycles. The van der Waals surface area contributed by atoms with Crippen molar-refractivity contribution >= 4 is 33.1 Å². The molecule has 3 N–H and O–H groups in total. The fraction of sp³-hybridized carbons (Fsp3) is 0.579. The summed E-state index contributed by atoms with van der Waals surface area (Å²) in [6.45, 7) is 2.26. The van der Waals surface area contributed by atoms with Crippen molar-refractivity contribution in [3.8, 4) is 0 Å². The molecule has 4 nitrogen and oxygen atoms in total. The molecule has 2 aromatic rings. The maximum atomic E-state index is 12.6. The number of carbonyl (C=O) groups excluding carboxylic acids is 1. The molecule has 2 aliphatic carbocycles. The van der Waals surface area contributed by atoms with E-state index in [1.54, 1.807) is 0 Å². The number of pyridine rings is 1. The largest absolute Gasteiger partial charge is 0.397 e. The summed E-state index contributed by atoms with van der Waals surface area (Å²) in [5.41, 5.74) is 9.47. The van der Waals surface area contributed by atoms with Crippen LogP contribution in [0.25, 0.3) is 10.2 Å². The standard InChI is InChI=1S/C19H25N3OS/c1-2-11-7-8-15-12(9-11)10-14-16(20)17(24-19(14)22-15)18(23)21-13-5-3-4-6-13/h10-11,13H,2-9,20H2,1H3,(H,21,23)/t11-/m1/s1. The fourth-order valence-electron chi connectivity index (χ4n) is 4.10. The van der Waals surface area contributed by atoms with Crippen LogP contribution in [0.15, 0.2) is 6.07 Å². The van der Waals surface area contributed by atoms with E-state index in [1.807, 2.05) is 0 Å². The number of hydrogen-bond acceptors (Lipinski definition) is 4. The van der Waals surface area contributed by atoms with Gasteiger partial charge in [-0.1, -0.05) is 26.2 Å². The van der Waals surface area contributed by atoms with Crippen LogP contribution < -0.4 is 11.1 Å². The third-order valence-electron chi connectivity index (χ3n) is 5.66. The third kappa shape index (κ3) is 2.79. The molecule has 0 aromatic carbocycles. The monoisotopic (exact) mass is 343 g/mol. The van der Waals surface area contributed by atoms with Crippen molar-refractivity contribution in [2.24, 2.45) is 5.92 Å². The number of carbonyl (C=O) groups is 1. The van der Waals surface area contributed by atoms with Crippen molar-refractivity contribution in [2.75, 3.05) is 5.73 Å². The summed E-state index contributed by atoms with van der Waals surface area (Å²) >= 11 is 1.45. The van der Waals surface area contributed by atoms with E-state index in [2.05, 4.69) is 18.3 Å². The summed E-state index contributed by atoms with van der Waals surface area (Å²) in [5, 5.41) is 4.11. The van der Waals surface area contributed by atoms with Gasteiger partial charge in [0, 0.05) is 17.1 Å². The number of fused-ring (bicyclic) bond motifs is 2. The van der Waals surface area contributed by atoms with Gasteiger partial charge in [-0.25, -0.2) is 4.98 Å². The highest BCUT2D eigenvalue weighted by molar-refractivity contribution is 7.21. The summed E-state index contributed by atoms with van der Waals surface area (Å²) in [6.07, 6.45) is 9.16. The molecule has 4 rings (SSSR count). The van der Waals surface area contributed by atoms with E-state index in [0.717, 1.165) is 41.8 Å². The minimum atomic E-state index is -0.0215. The average molecular weight is 343 g/mol. The third-order valence-corrected chi connectivity index (χ3v) is 6.78. The Bertz CT molecular complexity index is 777. The molecule has 24 heavy (non-hydrogen) atoms. The highest BCUT2D eigenvalue weighted by Crippen LogP contribution is 2.37. The molecule has 0 spiro atoms. The van der Waals surface area contributed by atoms with Gasteiger partial charge in [0.2, 0.25) is 0 Å². The number of hydrogen-bond donors (Lipinski definition) is 2. The molecule has 2 aliphatic rings. The summed E-state index contributed by atoms with van der Waals surface area (Å²) in [5.74, 6) is 0.730. The summed E-state index contributed by atoms with van der Waals surface area (Å²) < 4.78 is 0. The van der Waals surface area contributed by atoms with Crippen molar-refractivity contribution in [2.45, 2.75) is 64.3 Å². The minimum absolute atomic E-state index is 0.0215. The first-order valence-electron chi connectivity index (χ1n) is 9.17. The fourth-order valence-corrected chi connectivity index (χ4v) is 5.10. The molecule has 0 aliphatic heterocycles. The molecule has 5 heteroatoms. The Morgan fingerprint density at radius 1 is 1.38 bits per heavy atom. The lowest BCUT2D eigenvalue weighted by molar-refractivity contribution is 0.0943. The number of nitrogen functional groups attached to an aromatic ring is 1. The zero-order chi connectivity index (χ0) is 16.7. The first kappa shape index (κ1) is 15.9. The van der Waals surface area contributed by atoms with Gasteiger partial charge in [-0.15, -0.1) is 11.3 Å². The number of anilines is 1. The Labute approximate surface area is 146 Å². The SMILES string of the molecule is CC[C@@H]1CCc2nc3sc(C(=O)NC4CCCC4)c(N)c3cc2C1. The summed E-state index contributed by atoms with van der Waals surface area (Å²) in [7, 11) is 0. The van der Waals surface area contributed by atoms with Gasteiger partial charge < -0.3 is 11.1 Å². The van der Waals surface area contributed by atoms with Crippen LogP contribution in [-0.2, 0) is 12.8 Å². The highest BCUT2D eigenvalue weighted by atomic mass is 32.1. The van der Waals surface area contributed by atoms with E-state index >= 15 is 0 Å². The van der Waals surface area contributed by atoms with Crippen LogP contribution in [0.5, 0.6) is 0 Å². The number of aromatic nitrogens is 1. The van der Waals surface area contributed by atoms with Gasteiger partial charge in [-0.2, -0.15) is 0 Å². The van der Waals surface area contributed by atoms with Gasteiger partial charge >= 0.3 is 0 Å². The van der Waals surface area contributed by atoms with Gasteiger partial charge in [0.1, 0.15) is 9.71 Å². The van der Waals surface area contributed by atoms with Crippen molar-refractivity contribution in [3.63, 3.8) is 0 Å². The molecule has 1 atom stereocenters. The summed E-state index contributed by atoms with van der Waals surface area (Å²) in [6, 6.07) is 2.51. The van der Waals surface area contributed by atoms with Gasteiger partial charge in [-0.3, -0.25) is 4.79 Å². The van der Waals surface area contributed by atoms with E-state index < -0.39 is 0 Å².